The maximum absolute atomic E-state index is 12.0. The van der Waals surface area contributed by atoms with E-state index in [1.54, 1.807) is 6.07 Å². The van der Waals surface area contributed by atoms with E-state index in [0.717, 1.165) is 35.9 Å². The molecule has 0 saturated heterocycles. The molecule has 2 rings (SSSR count). The molecule has 0 aromatic carbocycles. The number of carbonyl (C=O) groups excluding carboxylic acids is 2. The molecule has 2 amide bonds. The predicted octanol–water partition coefficient (Wildman–Crippen LogP) is 3.28. The number of carbonyl (C=O) groups is 2. The van der Waals surface area contributed by atoms with Crippen molar-refractivity contribution in [3.8, 4) is 0 Å². The van der Waals surface area contributed by atoms with Crippen molar-refractivity contribution < 1.29 is 9.59 Å². The number of nitrogens with one attached hydrogen (secondary N) is 3. The van der Waals surface area contributed by atoms with Gasteiger partial charge in [0.05, 0.1) is 15.1 Å². The molecule has 120 valence electrons. The summed E-state index contributed by atoms with van der Waals surface area (Å²) in [5, 5.41) is 12.6. The minimum atomic E-state index is -0.0775. The molecule has 0 fully saturated rings. The number of H-pyrrole nitrogens is 1. The van der Waals surface area contributed by atoms with E-state index >= 15 is 0 Å². The van der Waals surface area contributed by atoms with Crippen LogP contribution in [0.1, 0.15) is 55.6 Å². The minimum absolute atomic E-state index is 0.0439. The summed E-state index contributed by atoms with van der Waals surface area (Å²) >= 11 is 1.34. The number of nitrogens with zero attached hydrogens (tertiary/aromatic N) is 1. The van der Waals surface area contributed by atoms with Gasteiger partial charge in [-0.3, -0.25) is 14.7 Å². The zero-order chi connectivity index (χ0) is 15.9. The zero-order valence-corrected chi connectivity index (χ0v) is 13.8. The second kappa shape index (κ2) is 7.93. The van der Waals surface area contributed by atoms with Gasteiger partial charge in [0.2, 0.25) is 5.91 Å². The van der Waals surface area contributed by atoms with Crippen LogP contribution in [0.15, 0.2) is 6.07 Å². The molecule has 0 radical (unpaired) electrons. The molecule has 2 aromatic rings. The van der Waals surface area contributed by atoms with E-state index < -0.39 is 0 Å². The van der Waals surface area contributed by atoms with Gasteiger partial charge in [0.1, 0.15) is 0 Å². The lowest BCUT2D eigenvalue weighted by Crippen LogP contribution is -2.23. The van der Waals surface area contributed by atoms with E-state index in [2.05, 4.69) is 27.8 Å². The van der Waals surface area contributed by atoms with E-state index in [9.17, 15) is 9.59 Å². The first-order chi connectivity index (χ1) is 10.7. The van der Waals surface area contributed by atoms with Gasteiger partial charge < -0.3 is 10.6 Å². The van der Waals surface area contributed by atoms with Crippen LogP contribution in [0.2, 0.25) is 0 Å². The molecule has 3 N–H and O–H groups in total. The van der Waals surface area contributed by atoms with Crippen LogP contribution < -0.4 is 10.6 Å². The van der Waals surface area contributed by atoms with Gasteiger partial charge in [-0.25, -0.2) is 0 Å². The van der Waals surface area contributed by atoms with Crippen molar-refractivity contribution in [1.29, 1.82) is 0 Å². The topological polar surface area (TPSA) is 86.9 Å². The number of hydrogen-bond acceptors (Lipinski definition) is 4. The number of thiophene rings is 1. The van der Waals surface area contributed by atoms with Crippen molar-refractivity contribution in [1.82, 2.24) is 15.5 Å². The van der Waals surface area contributed by atoms with E-state index in [-0.39, 0.29) is 11.8 Å². The SMILES string of the molecule is CCCCNC(=O)c1cc2[nH]nc(NC(=O)CCCC)c2s1. The quantitative estimate of drug-likeness (QED) is 0.652. The average molecular weight is 322 g/mol. The van der Waals surface area contributed by atoms with Crippen molar-refractivity contribution in [2.45, 2.75) is 46.0 Å². The summed E-state index contributed by atoms with van der Waals surface area (Å²) in [5.41, 5.74) is 0.774. The Morgan fingerprint density at radius 3 is 2.77 bits per heavy atom. The molecule has 0 spiro atoms. The van der Waals surface area contributed by atoms with Crippen molar-refractivity contribution in [2.24, 2.45) is 0 Å². The van der Waals surface area contributed by atoms with E-state index in [0.29, 0.717) is 23.7 Å². The van der Waals surface area contributed by atoms with Crippen LogP contribution in [0.3, 0.4) is 0 Å². The highest BCUT2D eigenvalue weighted by Gasteiger charge is 2.16. The molecule has 22 heavy (non-hydrogen) atoms. The van der Waals surface area contributed by atoms with Gasteiger partial charge in [-0.2, -0.15) is 5.10 Å². The molecule has 2 aromatic heterocycles. The molecule has 0 saturated carbocycles. The average Bonchev–Trinajstić information content (AvgIpc) is 3.07. The fraction of sp³-hybridized carbons (Fsp3) is 0.533. The molecule has 0 unspecified atom stereocenters. The van der Waals surface area contributed by atoms with Crippen LogP contribution in [-0.4, -0.2) is 28.6 Å². The van der Waals surface area contributed by atoms with Crippen LogP contribution in [-0.2, 0) is 4.79 Å². The molecule has 6 nitrogen and oxygen atoms in total. The van der Waals surface area contributed by atoms with Crippen LogP contribution >= 0.6 is 11.3 Å². The monoisotopic (exact) mass is 322 g/mol. The second-order valence-electron chi connectivity index (χ2n) is 5.19. The first-order valence-electron chi connectivity index (χ1n) is 7.71. The third-order valence-electron chi connectivity index (χ3n) is 3.29. The maximum atomic E-state index is 12.0. The lowest BCUT2D eigenvalue weighted by atomic mass is 10.2. The summed E-state index contributed by atoms with van der Waals surface area (Å²) in [6.07, 6.45) is 4.33. The van der Waals surface area contributed by atoms with Gasteiger partial charge in [-0.05, 0) is 18.9 Å². The normalized spacial score (nSPS) is 10.8. The number of aromatic amines is 1. The number of amides is 2. The molecule has 0 aliphatic heterocycles. The Hall–Kier alpha value is -1.89. The Kier molecular flexibility index (Phi) is 5.94. The summed E-state index contributed by atoms with van der Waals surface area (Å²) in [7, 11) is 0. The van der Waals surface area contributed by atoms with Crippen LogP contribution in [0, 0.1) is 0 Å². The standard InChI is InChI=1S/C15H22N4O2S/c1-3-5-7-12(20)17-14-13-10(18-19-14)9-11(22-13)15(21)16-8-6-4-2/h9H,3-8H2,1-2H3,(H,16,21)(H2,17,18,19,20). The summed E-state index contributed by atoms with van der Waals surface area (Å²) in [6.45, 7) is 4.81. The van der Waals surface area contributed by atoms with Crippen LogP contribution in [0.4, 0.5) is 5.82 Å². The maximum Gasteiger partial charge on any atom is 0.261 e. The number of fused-ring (bicyclic) bond motifs is 1. The van der Waals surface area contributed by atoms with Crippen molar-refractivity contribution >= 4 is 39.2 Å². The number of unbranched alkanes of at least 4 members (excludes halogenated alkanes) is 2. The summed E-state index contributed by atoms with van der Waals surface area (Å²) in [4.78, 5) is 24.5. The molecular formula is C15H22N4O2S. The molecular weight excluding hydrogens is 300 g/mol. The molecule has 0 aliphatic rings. The fourth-order valence-electron chi connectivity index (χ4n) is 2.01. The Labute approximate surface area is 133 Å². The van der Waals surface area contributed by atoms with Gasteiger partial charge in [-0.15, -0.1) is 11.3 Å². The molecule has 0 bridgehead atoms. The zero-order valence-electron chi connectivity index (χ0n) is 13.0. The Morgan fingerprint density at radius 1 is 1.27 bits per heavy atom. The predicted molar refractivity (Wildman–Crippen MR) is 89.4 cm³/mol. The van der Waals surface area contributed by atoms with Crippen molar-refractivity contribution in [2.75, 3.05) is 11.9 Å². The van der Waals surface area contributed by atoms with Crippen LogP contribution in [0.5, 0.6) is 0 Å². The number of aromatic nitrogens is 2. The first-order valence-corrected chi connectivity index (χ1v) is 8.53. The van der Waals surface area contributed by atoms with Crippen LogP contribution in [0.25, 0.3) is 10.2 Å². The van der Waals surface area contributed by atoms with Gasteiger partial charge in [0, 0.05) is 13.0 Å². The number of anilines is 1. The smallest absolute Gasteiger partial charge is 0.261 e. The molecule has 7 heteroatoms. The first kappa shape index (κ1) is 16.5. The van der Waals surface area contributed by atoms with Gasteiger partial charge >= 0.3 is 0 Å². The lowest BCUT2D eigenvalue weighted by molar-refractivity contribution is -0.116. The molecule has 0 atom stereocenters. The fourth-order valence-corrected chi connectivity index (χ4v) is 2.98. The molecule has 0 aliphatic carbocycles. The van der Waals surface area contributed by atoms with Crippen molar-refractivity contribution in [3.63, 3.8) is 0 Å². The Bertz CT molecular complexity index is 647. The van der Waals surface area contributed by atoms with E-state index in [1.165, 1.54) is 11.3 Å². The van der Waals surface area contributed by atoms with Gasteiger partial charge in [0.25, 0.3) is 5.91 Å². The second-order valence-corrected chi connectivity index (χ2v) is 6.24. The number of hydrogen-bond donors (Lipinski definition) is 3. The van der Waals surface area contributed by atoms with E-state index in [1.807, 2.05) is 6.92 Å². The third kappa shape index (κ3) is 4.07. The highest BCUT2D eigenvalue weighted by Crippen LogP contribution is 2.30. The summed E-state index contributed by atoms with van der Waals surface area (Å²) < 4.78 is 0.811. The Morgan fingerprint density at radius 2 is 2.05 bits per heavy atom. The third-order valence-corrected chi connectivity index (χ3v) is 4.43. The molecule has 2 heterocycles. The largest absolute Gasteiger partial charge is 0.351 e. The Balaban J connectivity index is 2.05. The summed E-state index contributed by atoms with van der Waals surface area (Å²) in [5.74, 6) is 0.387. The van der Waals surface area contributed by atoms with E-state index in [4.69, 9.17) is 0 Å². The minimum Gasteiger partial charge on any atom is -0.351 e. The lowest BCUT2D eigenvalue weighted by Gasteiger charge is -2.01. The highest BCUT2D eigenvalue weighted by atomic mass is 32.1. The van der Waals surface area contributed by atoms with Gasteiger partial charge in [-0.1, -0.05) is 26.7 Å². The highest BCUT2D eigenvalue weighted by molar-refractivity contribution is 7.21. The summed E-state index contributed by atoms with van der Waals surface area (Å²) in [6, 6.07) is 1.77. The van der Waals surface area contributed by atoms with Crippen molar-refractivity contribution in [3.05, 3.63) is 10.9 Å². The number of rotatable bonds is 8. The van der Waals surface area contributed by atoms with Gasteiger partial charge in [0.15, 0.2) is 5.82 Å².